The van der Waals surface area contributed by atoms with Gasteiger partial charge in [0.05, 0.1) is 0 Å². The fraction of sp³-hybridized carbons (Fsp3) is 0.280. The third kappa shape index (κ3) is 5.18. The molecule has 0 spiro atoms. The van der Waals surface area contributed by atoms with Crippen LogP contribution in [0.25, 0.3) is 0 Å². The monoisotopic (exact) mass is 566 g/mol. The quantitative estimate of drug-likeness (QED) is 0.203. The van der Waals surface area contributed by atoms with E-state index in [9.17, 15) is 8.78 Å². The molecule has 164 valence electrons. The second kappa shape index (κ2) is 10.1. The van der Waals surface area contributed by atoms with E-state index in [1.54, 1.807) is 0 Å². The maximum absolute atomic E-state index is 13.9. The highest BCUT2D eigenvalue weighted by atomic mass is 127. The van der Waals surface area contributed by atoms with Gasteiger partial charge >= 0.3 is 0 Å². The molecule has 0 saturated carbocycles. The lowest BCUT2D eigenvalue weighted by Crippen LogP contribution is -2.80. The largest absolute Gasteiger partial charge is 0.408 e. The molecule has 0 amide bonds. The molecule has 0 radical (unpaired) electrons. The lowest BCUT2D eigenvalue weighted by Gasteiger charge is -2.46. The Morgan fingerprint density at radius 3 is 1.61 bits per heavy atom. The van der Waals surface area contributed by atoms with Gasteiger partial charge in [0.25, 0.3) is 0 Å². The highest BCUT2D eigenvalue weighted by molar-refractivity contribution is 14.1. The van der Waals surface area contributed by atoms with Gasteiger partial charge in [-0.1, -0.05) is 102 Å². The zero-order chi connectivity index (χ0) is 22.6. The van der Waals surface area contributed by atoms with Crippen molar-refractivity contribution < 1.29 is 13.2 Å². The summed E-state index contributed by atoms with van der Waals surface area (Å²) < 4.78 is 35.5. The Kier molecular flexibility index (Phi) is 7.88. The minimum atomic E-state index is -2.89. The first kappa shape index (κ1) is 24.3. The number of halogens is 3. The first-order chi connectivity index (χ1) is 14.7. The molecule has 1 nitrogen and oxygen atoms in total. The minimum Gasteiger partial charge on any atom is -0.408 e. The summed E-state index contributed by atoms with van der Waals surface area (Å²) in [5, 5.41) is 3.35. The van der Waals surface area contributed by atoms with Crippen molar-refractivity contribution in [3.63, 3.8) is 0 Å². The smallest absolute Gasteiger partial charge is 0.245 e. The van der Waals surface area contributed by atoms with E-state index in [1.807, 2.05) is 30.3 Å². The number of hydrogen-bond acceptors (Lipinski definition) is 1. The lowest BCUT2D eigenvalue weighted by molar-refractivity contribution is 0.216. The first-order valence-corrected chi connectivity index (χ1v) is 17.7. The second-order valence-electron chi connectivity index (χ2n) is 8.63. The van der Waals surface area contributed by atoms with Crippen molar-refractivity contribution in [1.82, 2.24) is 0 Å². The minimum absolute atomic E-state index is 0.0177. The maximum Gasteiger partial charge on any atom is 0.245 e. The van der Waals surface area contributed by atoms with Crippen LogP contribution >= 0.6 is 22.6 Å². The highest BCUT2D eigenvalue weighted by Gasteiger charge is 2.55. The number of hydrogen-bond donors (Lipinski definition) is 0. The van der Waals surface area contributed by atoms with Crippen molar-refractivity contribution in [1.29, 1.82) is 0 Å². The van der Waals surface area contributed by atoms with Gasteiger partial charge in [-0.05, 0) is 48.0 Å². The SMILES string of the molecule is C[C@H](C[C@@H](C)I)O[Si](c1ccc(F)cc1)(c1ccc(F)cc1)[Si](C)(C)c1ccccc1. The van der Waals surface area contributed by atoms with E-state index in [1.165, 1.54) is 29.5 Å². The van der Waals surface area contributed by atoms with Crippen molar-refractivity contribution in [2.75, 3.05) is 0 Å². The molecule has 0 aromatic heterocycles. The van der Waals surface area contributed by atoms with Crippen LogP contribution in [0.5, 0.6) is 0 Å². The van der Waals surface area contributed by atoms with Crippen LogP contribution in [0.4, 0.5) is 8.78 Å². The van der Waals surface area contributed by atoms with Crippen LogP contribution < -0.4 is 15.6 Å². The molecule has 0 aliphatic rings. The van der Waals surface area contributed by atoms with Crippen molar-refractivity contribution in [3.05, 3.63) is 90.5 Å². The highest BCUT2D eigenvalue weighted by Crippen LogP contribution is 2.26. The Hall–Kier alpha value is -1.36. The van der Waals surface area contributed by atoms with Crippen molar-refractivity contribution in [2.24, 2.45) is 0 Å². The van der Waals surface area contributed by atoms with Crippen molar-refractivity contribution in [3.8, 4) is 0 Å². The maximum atomic E-state index is 13.9. The van der Waals surface area contributed by atoms with E-state index < -0.39 is 15.4 Å². The van der Waals surface area contributed by atoms with E-state index in [2.05, 4.69) is 73.8 Å². The number of alkyl halides is 1. The lowest BCUT2D eigenvalue weighted by atomic mass is 10.2. The number of rotatable bonds is 8. The second-order valence-corrected chi connectivity index (χ2v) is 23.2. The predicted octanol–water partition coefficient (Wildman–Crippen LogP) is 5.34. The van der Waals surface area contributed by atoms with Crippen LogP contribution in [0, 0.1) is 11.6 Å². The molecule has 0 N–H and O–H groups in total. The summed E-state index contributed by atoms with van der Waals surface area (Å²) in [6.07, 6.45) is 0.931. The van der Waals surface area contributed by atoms with E-state index in [0.29, 0.717) is 3.92 Å². The van der Waals surface area contributed by atoms with Crippen LogP contribution in [-0.2, 0) is 4.43 Å². The number of benzene rings is 3. The Balaban J connectivity index is 2.31. The molecule has 2 atom stereocenters. The van der Waals surface area contributed by atoms with Crippen molar-refractivity contribution in [2.45, 2.75) is 43.4 Å². The van der Waals surface area contributed by atoms with Crippen molar-refractivity contribution >= 4 is 53.6 Å². The fourth-order valence-electron chi connectivity index (χ4n) is 4.41. The first-order valence-electron chi connectivity index (χ1n) is 10.6. The predicted molar refractivity (Wildman–Crippen MR) is 140 cm³/mol. The van der Waals surface area contributed by atoms with Gasteiger partial charge in [-0.15, -0.1) is 0 Å². The molecular weight excluding hydrogens is 537 g/mol. The van der Waals surface area contributed by atoms with E-state index >= 15 is 0 Å². The zero-order valence-corrected chi connectivity index (χ0v) is 22.6. The zero-order valence-electron chi connectivity index (χ0n) is 18.4. The van der Waals surface area contributed by atoms with Crippen LogP contribution in [-0.4, -0.2) is 25.5 Å². The summed E-state index contributed by atoms with van der Waals surface area (Å²) in [5.41, 5.74) is 0. The third-order valence-corrected chi connectivity index (χ3v) is 21.2. The molecule has 0 saturated heterocycles. The fourth-order valence-corrected chi connectivity index (χ4v) is 19.4. The average molecular weight is 567 g/mol. The molecule has 3 aromatic carbocycles. The van der Waals surface area contributed by atoms with Crippen LogP contribution in [0.15, 0.2) is 78.9 Å². The molecule has 3 aromatic rings. The Bertz CT molecular complexity index is 931. The van der Waals surface area contributed by atoms with Gasteiger partial charge in [0.15, 0.2) is 0 Å². The van der Waals surface area contributed by atoms with Gasteiger partial charge in [0.2, 0.25) is 7.83 Å². The molecular formula is C25H29F2IOSi2. The van der Waals surface area contributed by atoms with Gasteiger partial charge in [-0.3, -0.25) is 0 Å². The van der Waals surface area contributed by atoms with Gasteiger partial charge in [-0.25, -0.2) is 8.78 Å². The van der Waals surface area contributed by atoms with Gasteiger partial charge < -0.3 is 4.43 Å². The molecule has 0 fully saturated rings. The molecule has 6 heteroatoms. The molecule has 3 rings (SSSR count). The third-order valence-electron chi connectivity index (χ3n) is 5.91. The Morgan fingerprint density at radius 2 is 1.19 bits per heavy atom. The normalized spacial score (nSPS) is 14.3. The van der Waals surface area contributed by atoms with E-state index in [0.717, 1.165) is 16.8 Å². The molecule has 0 aliphatic heterocycles. The summed E-state index contributed by atoms with van der Waals surface area (Å²) >= 11 is 2.43. The summed E-state index contributed by atoms with van der Waals surface area (Å²) in [5.74, 6) is -0.530. The molecule has 0 heterocycles. The van der Waals surface area contributed by atoms with Gasteiger partial charge in [0, 0.05) is 10.0 Å². The molecule has 0 aliphatic carbocycles. The topological polar surface area (TPSA) is 9.23 Å². The summed E-state index contributed by atoms with van der Waals surface area (Å²) in [6.45, 7) is 8.97. The summed E-state index contributed by atoms with van der Waals surface area (Å²) in [7, 11) is -5.21. The van der Waals surface area contributed by atoms with Crippen LogP contribution in [0.1, 0.15) is 20.3 Å². The molecule has 0 bridgehead atoms. The molecule has 31 heavy (non-hydrogen) atoms. The van der Waals surface area contributed by atoms with Gasteiger partial charge in [-0.2, -0.15) is 0 Å². The Morgan fingerprint density at radius 1 is 0.742 bits per heavy atom. The van der Waals surface area contributed by atoms with Gasteiger partial charge in [0.1, 0.15) is 19.2 Å². The van der Waals surface area contributed by atoms with E-state index in [-0.39, 0.29) is 17.7 Å². The van der Waals surface area contributed by atoms with E-state index in [4.69, 9.17) is 4.43 Å². The molecule has 0 unspecified atom stereocenters. The average Bonchev–Trinajstić information content (AvgIpc) is 2.73. The summed E-state index contributed by atoms with van der Waals surface area (Å²) in [6, 6.07) is 24.1. The standard InChI is InChI=1S/C25H29F2IOSi2/c1-19(28)18-20(2)29-31(24-14-10-21(26)11-15-24,25-16-12-22(27)13-17-25)30(3,4)23-8-6-5-7-9-23/h5-17,19-20H,18H2,1-4H3/t19-,20-/m1/s1. The van der Waals surface area contributed by atoms with Crippen LogP contribution in [0.3, 0.4) is 0 Å². The Labute approximate surface area is 199 Å². The summed E-state index contributed by atoms with van der Waals surface area (Å²) in [4.78, 5) is 0. The van der Waals surface area contributed by atoms with Crippen LogP contribution in [0.2, 0.25) is 13.1 Å².